The summed E-state index contributed by atoms with van der Waals surface area (Å²) in [5, 5.41) is 1.42. The van der Waals surface area contributed by atoms with Crippen LogP contribution in [-0.2, 0) is 19.7 Å². The Morgan fingerprint density at radius 3 is 1.30 bits per heavy atom. The van der Waals surface area contributed by atoms with Gasteiger partial charge in [-0.1, -0.05) is 13.8 Å². The van der Waals surface area contributed by atoms with E-state index in [-0.39, 0.29) is 0 Å². The Morgan fingerprint density at radius 1 is 0.739 bits per heavy atom. The van der Waals surface area contributed by atoms with Crippen molar-refractivity contribution in [1.29, 1.82) is 0 Å². The Morgan fingerprint density at radius 2 is 1.04 bits per heavy atom. The summed E-state index contributed by atoms with van der Waals surface area (Å²) in [4.78, 5) is 0. The molecule has 0 aromatic rings. The maximum atomic E-state index is 12.7. The fourth-order valence-electron chi connectivity index (χ4n) is 3.76. The summed E-state index contributed by atoms with van der Waals surface area (Å²) in [6, 6.07) is 0. The van der Waals surface area contributed by atoms with Crippen LogP contribution in [0.2, 0.25) is 0 Å². The van der Waals surface area contributed by atoms with Crippen molar-refractivity contribution in [2.45, 2.75) is 80.4 Å². The summed E-state index contributed by atoms with van der Waals surface area (Å²) >= 11 is 0. The lowest BCUT2D eigenvalue weighted by atomic mass is 9.91. The van der Waals surface area contributed by atoms with Crippen molar-refractivity contribution in [3.8, 4) is 0 Å². The topological polar surface area (TPSA) is 103 Å². The van der Waals surface area contributed by atoms with E-state index in [2.05, 4.69) is 19.0 Å². The van der Waals surface area contributed by atoms with Gasteiger partial charge >= 0.3 is 0 Å². The zero-order valence-electron chi connectivity index (χ0n) is 13.9. The summed E-state index contributed by atoms with van der Waals surface area (Å²) < 4.78 is 49.0. The van der Waals surface area contributed by atoms with Gasteiger partial charge in [0.15, 0.2) is 19.7 Å². The molecule has 2 saturated carbocycles. The molecule has 0 aromatic heterocycles. The molecule has 2 fully saturated rings. The van der Waals surface area contributed by atoms with Gasteiger partial charge in [0, 0.05) is 0 Å². The van der Waals surface area contributed by atoms with Crippen molar-refractivity contribution < 1.29 is 16.8 Å². The van der Waals surface area contributed by atoms with Gasteiger partial charge in [-0.3, -0.25) is 0 Å². The first kappa shape index (κ1) is 18.8. The van der Waals surface area contributed by atoms with Crippen LogP contribution in [0.25, 0.3) is 5.53 Å². The summed E-state index contributed by atoms with van der Waals surface area (Å²) in [6.07, 6.45) is 4.87. The Balaban J connectivity index is 2.22. The van der Waals surface area contributed by atoms with E-state index in [0.29, 0.717) is 37.5 Å². The molecule has 2 aliphatic rings. The third kappa shape index (κ3) is 3.95. The third-order valence-electron chi connectivity index (χ3n) is 5.51. The largest absolute Gasteiger partial charge is 0.710 e. The van der Waals surface area contributed by atoms with Gasteiger partial charge in [0.2, 0.25) is 4.71 Å². The Bertz CT molecular complexity index is 562. The van der Waals surface area contributed by atoms with Crippen LogP contribution in [0.5, 0.6) is 0 Å². The summed E-state index contributed by atoms with van der Waals surface area (Å²) in [6.45, 7) is 4.13. The second-order valence-corrected chi connectivity index (χ2v) is 12.2. The zero-order chi connectivity index (χ0) is 17.3. The lowest BCUT2D eigenvalue weighted by molar-refractivity contribution is 0.378. The van der Waals surface area contributed by atoms with Crippen molar-refractivity contribution in [2.24, 2.45) is 17.0 Å². The number of hydrogen-bond acceptors (Lipinski definition) is 5. The van der Waals surface area contributed by atoms with Gasteiger partial charge in [0.1, 0.15) is 0 Å². The molecule has 134 valence electrons. The Kier molecular flexibility index (Phi) is 5.87. The molecular weight excluding hydrogens is 336 g/mol. The highest BCUT2D eigenvalue weighted by Gasteiger charge is 2.45. The molecule has 6 nitrogen and oxygen atoms in total. The molecule has 0 aromatic carbocycles. The second kappa shape index (κ2) is 7.17. The van der Waals surface area contributed by atoms with Gasteiger partial charge in [-0.25, -0.2) is 16.8 Å². The van der Waals surface area contributed by atoms with Gasteiger partial charge in [-0.15, -0.1) is 0 Å². The van der Waals surface area contributed by atoms with E-state index in [1.165, 1.54) is 0 Å². The predicted octanol–water partition coefficient (Wildman–Crippen LogP) is 3.28. The summed E-state index contributed by atoms with van der Waals surface area (Å²) in [5.74, 6) is 0.921. The first-order valence-corrected chi connectivity index (χ1v) is 11.7. The fourth-order valence-corrected chi connectivity index (χ4v) is 8.98. The molecule has 2 aliphatic carbocycles. The average molecular weight is 364 g/mol. The molecule has 0 radical (unpaired) electrons. The van der Waals surface area contributed by atoms with Crippen LogP contribution in [0.4, 0.5) is 0 Å². The van der Waals surface area contributed by atoms with E-state index in [1.807, 2.05) is 0 Å². The standard InChI is InChI=1S/C15H27N2O4S2/c1-11-3-7-13(8-4-11)22(18,19)15(17-16)23(20,21)14-9-5-12(2)6-10-14/h11-15H,3-10H2,1-2H3/q-1. The van der Waals surface area contributed by atoms with Crippen LogP contribution in [0.1, 0.15) is 65.2 Å². The molecule has 23 heavy (non-hydrogen) atoms. The van der Waals surface area contributed by atoms with E-state index in [1.54, 1.807) is 0 Å². The molecular formula is C15H27N2O4S2-. The van der Waals surface area contributed by atoms with Crippen molar-refractivity contribution in [2.75, 3.05) is 0 Å². The number of sulfone groups is 2. The maximum Gasteiger partial charge on any atom is 0.233 e. The number of hydrogen-bond donors (Lipinski definition) is 0. The molecule has 0 saturated heterocycles. The minimum absolute atomic E-state index is 0.451. The number of rotatable bonds is 5. The highest BCUT2D eigenvalue weighted by atomic mass is 32.3. The molecule has 0 spiro atoms. The van der Waals surface area contributed by atoms with Crippen molar-refractivity contribution in [1.82, 2.24) is 0 Å². The van der Waals surface area contributed by atoms with Crippen molar-refractivity contribution in [3.05, 3.63) is 5.53 Å². The van der Waals surface area contributed by atoms with Gasteiger partial charge < -0.3 is 10.6 Å². The predicted molar refractivity (Wildman–Crippen MR) is 90.3 cm³/mol. The molecule has 2 rings (SSSR count). The molecule has 8 heteroatoms. The van der Waals surface area contributed by atoms with Gasteiger partial charge in [-0.2, -0.15) is 0 Å². The lowest BCUT2D eigenvalue weighted by Crippen LogP contribution is -2.42. The van der Waals surface area contributed by atoms with Crippen LogP contribution in [-0.4, -0.2) is 32.0 Å². The third-order valence-corrected chi connectivity index (χ3v) is 11.2. The first-order valence-electron chi connectivity index (χ1n) is 8.49. The fraction of sp³-hybridized carbons (Fsp3) is 1.00. The molecule has 0 aliphatic heterocycles. The van der Waals surface area contributed by atoms with Crippen LogP contribution in [0.15, 0.2) is 5.11 Å². The van der Waals surface area contributed by atoms with Crippen molar-refractivity contribution in [3.63, 3.8) is 0 Å². The summed E-state index contributed by atoms with van der Waals surface area (Å²) in [5.41, 5.74) is 9.23. The SMILES string of the molecule is CC1CCC(S(=O)(=O)C(N=[N-])S(=O)(=O)C2CCC(C)CC2)CC1. The highest BCUT2D eigenvalue weighted by molar-refractivity contribution is 8.09. The van der Waals surface area contributed by atoms with E-state index >= 15 is 0 Å². The Labute approximate surface area is 139 Å². The highest BCUT2D eigenvalue weighted by Crippen LogP contribution is 2.36. The summed E-state index contributed by atoms with van der Waals surface area (Å²) in [7, 11) is -8.05. The van der Waals surface area contributed by atoms with Crippen LogP contribution in [0.3, 0.4) is 0 Å². The van der Waals surface area contributed by atoms with Gasteiger partial charge in [0.25, 0.3) is 0 Å². The monoisotopic (exact) mass is 363 g/mol. The molecule has 0 atom stereocenters. The van der Waals surface area contributed by atoms with Gasteiger partial charge in [0.05, 0.1) is 10.5 Å². The van der Waals surface area contributed by atoms with Crippen LogP contribution < -0.4 is 0 Å². The quantitative estimate of drug-likeness (QED) is 0.699. The van der Waals surface area contributed by atoms with E-state index in [0.717, 1.165) is 25.7 Å². The maximum absolute atomic E-state index is 12.7. The van der Waals surface area contributed by atoms with Gasteiger partial charge in [-0.05, 0) is 63.2 Å². The van der Waals surface area contributed by atoms with E-state index in [4.69, 9.17) is 0 Å². The van der Waals surface area contributed by atoms with Crippen LogP contribution >= 0.6 is 0 Å². The zero-order valence-corrected chi connectivity index (χ0v) is 15.5. The molecule has 0 amide bonds. The molecule has 0 heterocycles. The first-order chi connectivity index (χ1) is 10.7. The molecule has 0 bridgehead atoms. The normalized spacial score (nSPS) is 34.7. The Hall–Kier alpha value is -0.500. The minimum Gasteiger partial charge on any atom is -0.710 e. The number of nitrogens with zero attached hydrogens (tertiary/aromatic N) is 2. The minimum atomic E-state index is -4.02. The average Bonchev–Trinajstić information content (AvgIpc) is 2.48. The smallest absolute Gasteiger partial charge is 0.233 e. The van der Waals surface area contributed by atoms with Crippen LogP contribution in [0, 0.1) is 11.8 Å². The second-order valence-electron chi connectivity index (χ2n) is 7.36. The van der Waals surface area contributed by atoms with Crippen molar-refractivity contribution >= 4 is 19.7 Å². The lowest BCUT2D eigenvalue weighted by Gasteiger charge is -2.32. The molecule has 0 N–H and O–H groups in total. The van der Waals surface area contributed by atoms with E-state index in [9.17, 15) is 22.4 Å². The molecule has 0 unspecified atom stereocenters. The van der Waals surface area contributed by atoms with E-state index < -0.39 is 34.9 Å².